The Morgan fingerprint density at radius 1 is 1.16 bits per heavy atom. The van der Waals surface area contributed by atoms with Gasteiger partial charge in [-0.2, -0.15) is 0 Å². The molecule has 134 valence electrons. The molecule has 0 saturated carbocycles. The van der Waals surface area contributed by atoms with E-state index in [0.29, 0.717) is 18.2 Å². The average Bonchev–Trinajstić information content (AvgIpc) is 3.08. The molecule has 1 fully saturated rings. The summed E-state index contributed by atoms with van der Waals surface area (Å²) in [6.45, 7) is 0.999. The molecule has 6 heteroatoms. The van der Waals surface area contributed by atoms with Crippen LogP contribution in [0.2, 0.25) is 0 Å². The number of amides is 1. The minimum atomic E-state index is -1.08. The van der Waals surface area contributed by atoms with Gasteiger partial charge in [-0.3, -0.25) is 9.00 Å². The molecule has 2 unspecified atom stereocenters. The van der Waals surface area contributed by atoms with Crippen LogP contribution in [0.5, 0.6) is 0 Å². The lowest BCUT2D eigenvalue weighted by Crippen LogP contribution is -2.27. The van der Waals surface area contributed by atoms with Gasteiger partial charge in [0.2, 0.25) is 5.91 Å². The molecule has 0 radical (unpaired) electrons. The highest BCUT2D eigenvalue weighted by atomic mass is 35.5. The Balaban J connectivity index is 0.00000225. The third-order valence-corrected chi connectivity index (χ3v) is 5.50. The number of hydrogen-bond donors (Lipinski definition) is 2. The smallest absolute Gasteiger partial charge is 0.225 e. The number of carbonyl (C=O) groups is 1. The van der Waals surface area contributed by atoms with Gasteiger partial charge in [0.1, 0.15) is 0 Å². The maximum absolute atomic E-state index is 12.4. The lowest BCUT2D eigenvalue weighted by molar-refractivity contribution is -0.116. The molecule has 0 aromatic heterocycles. The minimum Gasteiger partial charge on any atom is -0.326 e. The van der Waals surface area contributed by atoms with Crippen molar-refractivity contribution in [3.63, 3.8) is 0 Å². The van der Waals surface area contributed by atoms with E-state index in [-0.39, 0.29) is 18.3 Å². The summed E-state index contributed by atoms with van der Waals surface area (Å²) < 4.78 is 12.4. The Labute approximate surface area is 157 Å². The standard InChI is InChI=1S/C19H22N2O2S.ClH/c22-19(13-16-8-5-11-20-16)21-17-7-4-6-15(12-17)14-24(23)18-9-2-1-3-10-18;/h1-4,6-7,9-10,12,16,20H,5,8,11,13-14H2,(H,21,22);1H. The number of anilines is 1. The van der Waals surface area contributed by atoms with Crippen molar-refractivity contribution in [2.45, 2.75) is 36.0 Å². The molecular weight excluding hydrogens is 356 g/mol. The van der Waals surface area contributed by atoms with E-state index in [4.69, 9.17) is 0 Å². The maximum atomic E-state index is 12.4. The molecule has 1 saturated heterocycles. The summed E-state index contributed by atoms with van der Waals surface area (Å²) in [5.41, 5.74) is 1.72. The Morgan fingerprint density at radius 2 is 1.96 bits per heavy atom. The SMILES string of the molecule is Cl.O=C(CC1CCCN1)Nc1cccc(CS(=O)c2ccccc2)c1. The molecule has 1 aliphatic rings. The first-order valence-electron chi connectivity index (χ1n) is 8.26. The minimum absolute atomic E-state index is 0. The summed E-state index contributed by atoms with van der Waals surface area (Å²) in [4.78, 5) is 12.9. The molecule has 1 amide bonds. The highest BCUT2D eigenvalue weighted by Crippen LogP contribution is 2.17. The zero-order valence-electron chi connectivity index (χ0n) is 13.9. The fourth-order valence-electron chi connectivity index (χ4n) is 2.91. The van der Waals surface area contributed by atoms with Crippen molar-refractivity contribution >= 4 is 34.8 Å². The van der Waals surface area contributed by atoms with E-state index in [1.54, 1.807) is 0 Å². The molecule has 1 aliphatic heterocycles. The molecule has 4 nitrogen and oxygen atoms in total. The van der Waals surface area contributed by atoms with Crippen LogP contribution in [-0.2, 0) is 21.3 Å². The molecule has 0 aliphatic carbocycles. The second-order valence-electron chi connectivity index (χ2n) is 6.05. The molecular formula is C19H23ClN2O2S. The molecule has 25 heavy (non-hydrogen) atoms. The van der Waals surface area contributed by atoms with Crippen LogP contribution >= 0.6 is 12.4 Å². The molecule has 3 rings (SSSR count). The van der Waals surface area contributed by atoms with Crippen LogP contribution in [0.4, 0.5) is 5.69 Å². The summed E-state index contributed by atoms with van der Waals surface area (Å²) in [6.07, 6.45) is 2.70. The van der Waals surface area contributed by atoms with Gasteiger partial charge in [0.05, 0.1) is 16.6 Å². The molecule has 0 spiro atoms. The van der Waals surface area contributed by atoms with Gasteiger partial charge >= 0.3 is 0 Å². The van der Waals surface area contributed by atoms with Gasteiger partial charge in [0.25, 0.3) is 0 Å². The highest BCUT2D eigenvalue weighted by Gasteiger charge is 2.17. The van der Waals surface area contributed by atoms with Crippen molar-refractivity contribution in [1.29, 1.82) is 0 Å². The Bertz CT molecular complexity index is 718. The van der Waals surface area contributed by atoms with Crippen LogP contribution in [0, 0.1) is 0 Å². The second kappa shape index (κ2) is 9.70. The normalized spacial score (nSPS) is 17.5. The summed E-state index contributed by atoms with van der Waals surface area (Å²) in [5.74, 6) is 0.466. The summed E-state index contributed by atoms with van der Waals surface area (Å²) in [7, 11) is -1.08. The van der Waals surface area contributed by atoms with Crippen LogP contribution < -0.4 is 10.6 Å². The van der Waals surface area contributed by atoms with Crippen LogP contribution in [0.1, 0.15) is 24.8 Å². The Kier molecular flexibility index (Phi) is 7.62. The van der Waals surface area contributed by atoms with E-state index in [1.807, 2.05) is 54.6 Å². The monoisotopic (exact) mass is 378 g/mol. The Morgan fingerprint density at radius 3 is 2.68 bits per heavy atom. The third kappa shape index (κ3) is 5.96. The lowest BCUT2D eigenvalue weighted by atomic mass is 10.1. The van der Waals surface area contributed by atoms with Crippen LogP contribution in [0.3, 0.4) is 0 Å². The van der Waals surface area contributed by atoms with Crippen molar-refractivity contribution in [2.75, 3.05) is 11.9 Å². The first-order chi connectivity index (χ1) is 11.7. The number of benzene rings is 2. The summed E-state index contributed by atoms with van der Waals surface area (Å²) >= 11 is 0. The van der Waals surface area contributed by atoms with E-state index >= 15 is 0 Å². The van der Waals surface area contributed by atoms with Crippen molar-refractivity contribution in [1.82, 2.24) is 5.32 Å². The van der Waals surface area contributed by atoms with Crippen molar-refractivity contribution in [3.8, 4) is 0 Å². The van der Waals surface area contributed by atoms with Gasteiger partial charge in [-0.1, -0.05) is 30.3 Å². The zero-order chi connectivity index (χ0) is 16.8. The van der Waals surface area contributed by atoms with Crippen molar-refractivity contribution in [3.05, 3.63) is 60.2 Å². The largest absolute Gasteiger partial charge is 0.326 e. The highest BCUT2D eigenvalue weighted by molar-refractivity contribution is 7.84. The predicted octanol–water partition coefficient (Wildman–Crippen LogP) is 3.50. The molecule has 0 bridgehead atoms. The van der Waals surface area contributed by atoms with Gasteiger partial charge in [0.15, 0.2) is 0 Å². The number of halogens is 1. The quantitative estimate of drug-likeness (QED) is 0.808. The van der Waals surface area contributed by atoms with Gasteiger partial charge in [-0.15, -0.1) is 12.4 Å². The van der Waals surface area contributed by atoms with Gasteiger partial charge in [-0.05, 0) is 49.2 Å². The Hall–Kier alpha value is -1.69. The van der Waals surface area contributed by atoms with E-state index in [9.17, 15) is 9.00 Å². The average molecular weight is 379 g/mol. The first-order valence-corrected chi connectivity index (χ1v) is 9.58. The number of rotatable bonds is 6. The molecule has 2 aromatic rings. The second-order valence-corrected chi connectivity index (χ2v) is 7.50. The number of hydrogen-bond acceptors (Lipinski definition) is 3. The summed E-state index contributed by atoms with van der Waals surface area (Å²) in [5, 5.41) is 6.27. The zero-order valence-corrected chi connectivity index (χ0v) is 15.6. The fourth-order valence-corrected chi connectivity index (χ4v) is 4.02. The number of nitrogens with one attached hydrogen (secondary N) is 2. The number of carbonyl (C=O) groups excluding carboxylic acids is 1. The van der Waals surface area contributed by atoms with Crippen LogP contribution in [0.25, 0.3) is 0 Å². The van der Waals surface area contributed by atoms with Crippen LogP contribution in [0.15, 0.2) is 59.5 Å². The van der Waals surface area contributed by atoms with Crippen LogP contribution in [-0.4, -0.2) is 22.7 Å². The lowest BCUT2D eigenvalue weighted by Gasteiger charge is -2.11. The fraction of sp³-hybridized carbons (Fsp3) is 0.316. The van der Waals surface area contributed by atoms with Gasteiger partial charge in [-0.25, -0.2) is 0 Å². The summed E-state index contributed by atoms with van der Waals surface area (Å²) in [6, 6.07) is 17.3. The molecule has 1 heterocycles. The third-order valence-electron chi connectivity index (χ3n) is 4.11. The molecule has 2 atom stereocenters. The maximum Gasteiger partial charge on any atom is 0.225 e. The predicted molar refractivity (Wildman–Crippen MR) is 105 cm³/mol. The molecule has 2 aromatic carbocycles. The van der Waals surface area contributed by atoms with E-state index < -0.39 is 10.8 Å². The first kappa shape index (κ1) is 19.6. The van der Waals surface area contributed by atoms with Crippen molar-refractivity contribution in [2.24, 2.45) is 0 Å². The van der Waals surface area contributed by atoms with Gasteiger partial charge in [0, 0.05) is 23.0 Å². The topological polar surface area (TPSA) is 58.2 Å². The van der Waals surface area contributed by atoms with Gasteiger partial charge < -0.3 is 10.6 Å². The van der Waals surface area contributed by atoms with E-state index in [0.717, 1.165) is 35.5 Å². The molecule has 2 N–H and O–H groups in total. The van der Waals surface area contributed by atoms with Crippen molar-refractivity contribution < 1.29 is 9.00 Å². The van der Waals surface area contributed by atoms with E-state index in [1.165, 1.54) is 0 Å². The van der Waals surface area contributed by atoms with E-state index in [2.05, 4.69) is 10.6 Å².